The minimum absolute atomic E-state index is 0.199. The second-order valence-electron chi connectivity index (χ2n) is 6.73. The van der Waals surface area contributed by atoms with Gasteiger partial charge in [-0.15, -0.1) is 0 Å². The van der Waals surface area contributed by atoms with Crippen LogP contribution in [-0.2, 0) is 4.74 Å². The van der Waals surface area contributed by atoms with Crippen LogP contribution in [0.15, 0.2) is 78.9 Å². The van der Waals surface area contributed by atoms with Crippen LogP contribution in [0.5, 0.6) is 0 Å². The van der Waals surface area contributed by atoms with E-state index >= 15 is 0 Å². The van der Waals surface area contributed by atoms with Gasteiger partial charge < -0.3 is 10.1 Å². The minimum Gasteiger partial charge on any atom is -0.464 e. The van der Waals surface area contributed by atoms with Gasteiger partial charge in [-0.1, -0.05) is 66.2 Å². The molecule has 0 saturated heterocycles. The molecule has 0 fully saturated rings. The van der Waals surface area contributed by atoms with E-state index < -0.39 is 12.0 Å². The van der Waals surface area contributed by atoms with Gasteiger partial charge in [-0.05, 0) is 30.7 Å². The first-order valence-electron chi connectivity index (χ1n) is 9.25. The highest BCUT2D eigenvalue weighted by Gasteiger charge is 2.27. The zero-order valence-electron chi connectivity index (χ0n) is 16.2. The predicted octanol–water partition coefficient (Wildman–Crippen LogP) is 5.48. The number of rotatable bonds is 3. The molecule has 1 amide bonds. The number of para-hydroxylation sites is 1. The van der Waals surface area contributed by atoms with Crippen LogP contribution in [0.1, 0.15) is 16.1 Å². The molecular weight excluding hydrogens is 364 g/mol. The lowest BCUT2D eigenvalue weighted by atomic mass is 10.0. The molecule has 0 saturated carbocycles. The van der Waals surface area contributed by atoms with Crippen molar-refractivity contribution >= 4 is 28.6 Å². The molecule has 5 nitrogen and oxygen atoms in total. The van der Waals surface area contributed by atoms with Gasteiger partial charge in [-0.2, -0.15) is 0 Å². The summed E-state index contributed by atoms with van der Waals surface area (Å²) in [4.78, 5) is 26.0. The molecule has 0 radical (unpaired) electrons. The Morgan fingerprint density at radius 3 is 2.21 bits per heavy atom. The maximum Gasteiger partial charge on any atom is 0.355 e. The van der Waals surface area contributed by atoms with Crippen LogP contribution in [0.3, 0.4) is 0 Å². The fourth-order valence-electron chi connectivity index (χ4n) is 3.45. The number of nitrogens with one attached hydrogen (secondary N) is 1. The Bertz CT molecular complexity index is 1190. The van der Waals surface area contributed by atoms with Gasteiger partial charge in [0.25, 0.3) is 0 Å². The molecule has 0 atom stereocenters. The number of nitrogens with zero attached hydrogens (tertiary/aromatic N) is 1. The Labute approximate surface area is 168 Å². The molecule has 0 aliphatic rings. The molecule has 0 aliphatic heterocycles. The largest absolute Gasteiger partial charge is 0.464 e. The third-order valence-corrected chi connectivity index (χ3v) is 4.82. The summed E-state index contributed by atoms with van der Waals surface area (Å²) in [6.07, 6.45) is 0. The highest BCUT2D eigenvalue weighted by molar-refractivity contribution is 6.14. The van der Waals surface area contributed by atoms with Crippen molar-refractivity contribution in [2.24, 2.45) is 0 Å². The van der Waals surface area contributed by atoms with Gasteiger partial charge in [0.1, 0.15) is 5.69 Å². The number of carbonyl (C=O) groups excluding carboxylic acids is 2. The van der Waals surface area contributed by atoms with Crippen molar-refractivity contribution in [1.82, 2.24) is 4.57 Å². The molecule has 4 rings (SSSR count). The van der Waals surface area contributed by atoms with Gasteiger partial charge in [-0.3, -0.25) is 4.57 Å². The van der Waals surface area contributed by atoms with Crippen molar-refractivity contribution in [2.75, 3.05) is 12.4 Å². The lowest BCUT2D eigenvalue weighted by Crippen LogP contribution is -2.24. The number of hydrogen-bond donors (Lipinski definition) is 1. The van der Waals surface area contributed by atoms with E-state index in [2.05, 4.69) is 5.32 Å². The number of fused-ring (bicyclic) bond motifs is 1. The molecule has 1 heterocycles. The number of hydrogen-bond acceptors (Lipinski definition) is 3. The number of aromatic nitrogens is 1. The van der Waals surface area contributed by atoms with Crippen LogP contribution in [-0.4, -0.2) is 23.7 Å². The van der Waals surface area contributed by atoms with Crippen molar-refractivity contribution in [3.8, 4) is 11.1 Å². The molecule has 0 spiro atoms. The Kier molecular flexibility index (Phi) is 4.87. The Hall–Kier alpha value is -3.86. The van der Waals surface area contributed by atoms with Crippen molar-refractivity contribution in [1.29, 1.82) is 0 Å². The lowest BCUT2D eigenvalue weighted by Gasteiger charge is -2.11. The SMILES string of the molecule is COC(=O)c1c(-c2ccccc2)c2ccccc2n1C(=O)Nc1ccc(C)cc1. The van der Waals surface area contributed by atoms with Crippen LogP contribution >= 0.6 is 0 Å². The molecule has 0 bridgehead atoms. The maximum atomic E-state index is 13.2. The number of methoxy groups -OCH3 is 1. The van der Waals surface area contributed by atoms with Gasteiger partial charge in [-0.25, -0.2) is 9.59 Å². The van der Waals surface area contributed by atoms with E-state index in [9.17, 15) is 9.59 Å². The smallest absolute Gasteiger partial charge is 0.355 e. The van der Waals surface area contributed by atoms with Crippen molar-refractivity contribution in [2.45, 2.75) is 6.92 Å². The number of aryl methyl sites for hydroxylation is 1. The van der Waals surface area contributed by atoms with Crippen molar-refractivity contribution < 1.29 is 14.3 Å². The van der Waals surface area contributed by atoms with Crippen molar-refractivity contribution in [3.05, 3.63) is 90.1 Å². The van der Waals surface area contributed by atoms with Gasteiger partial charge in [0.2, 0.25) is 0 Å². The highest BCUT2D eigenvalue weighted by atomic mass is 16.5. The minimum atomic E-state index is -0.570. The molecule has 0 unspecified atom stereocenters. The topological polar surface area (TPSA) is 60.3 Å². The van der Waals surface area contributed by atoms with Gasteiger partial charge >= 0.3 is 12.0 Å². The van der Waals surface area contributed by atoms with Gasteiger partial charge in [0, 0.05) is 16.6 Å². The van der Waals surface area contributed by atoms with E-state index in [1.165, 1.54) is 11.7 Å². The summed E-state index contributed by atoms with van der Waals surface area (Å²) >= 11 is 0. The fourth-order valence-corrected chi connectivity index (χ4v) is 3.45. The van der Waals surface area contributed by atoms with Crippen LogP contribution in [0, 0.1) is 6.92 Å². The van der Waals surface area contributed by atoms with Crippen LogP contribution in [0.2, 0.25) is 0 Å². The lowest BCUT2D eigenvalue weighted by molar-refractivity contribution is 0.0592. The molecular formula is C24H20N2O3. The number of ether oxygens (including phenoxy) is 1. The average Bonchev–Trinajstić information content (AvgIpc) is 3.10. The summed E-state index contributed by atoms with van der Waals surface area (Å²) in [5, 5.41) is 3.68. The number of anilines is 1. The molecule has 3 aromatic carbocycles. The third-order valence-electron chi connectivity index (χ3n) is 4.82. The molecule has 5 heteroatoms. The summed E-state index contributed by atoms with van der Waals surface area (Å²) in [6, 6.07) is 24.0. The Morgan fingerprint density at radius 1 is 0.862 bits per heavy atom. The first-order valence-corrected chi connectivity index (χ1v) is 9.25. The molecule has 1 N–H and O–H groups in total. The van der Waals surface area contributed by atoms with E-state index in [-0.39, 0.29) is 5.69 Å². The summed E-state index contributed by atoms with van der Waals surface area (Å²) in [7, 11) is 1.32. The molecule has 0 aliphatic carbocycles. The Morgan fingerprint density at radius 2 is 1.52 bits per heavy atom. The number of carbonyl (C=O) groups is 2. The van der Waals surface area contributed by atoms with E-state index in [4.69, 9.17) is 4.74 Å². The highest BCUT2D eigenvalue weighted by Crippen LogP contribution is 2.35. The predicted molar refractivity (Wildman–Crippen MR) is 114 cm³/mol. The molecule has 144 valence electrons. The van der Waals surface area contributed by atoms with E-state index in [0.717, 1.165) is 16.5 Å². The number of amides is 1. The van der Waals surface area contributed by atoms with Crippen molar-refractivity contribution in [3.63, 3.8) is 0 Å². The van der Waals surface area contributed by atoms with Crippen LogP contribution in [0.25, 0.3) is 22.0 Å². The zero-order valence-corrected chi connectivity index (χ0v) is 16.2. The van der Waals surface area contributed by atoms with Gasteiger partial charge in [0.15, 0.2) is 0 Å². The Balaban J connectivity index is 1.94. The van der Waals surface area contributed by atoms with Crippen LogP contribution < -0.4 is 5.32 Å². The monoisotopic (exact) mass is 384 g/mol. The van der Waals surface area contributed by atoms with Crippen LogP contribution in [0.4, 0.5) is 10.5 Å². The second kappa shape index (κ2) is 7.64. The van der Waals surface area contributed by atoms with E-state index in [1.54, 1.807) is 0 Å². The molecule has 4 aromatic rings. The quantitative estimate of drug-likeness (QED) is 0.476. The molecule has 1 aromatic heterocycles. The first kappa shape index (κ1) is 18.5. The summed E-state index contributed by atoms with van der Waals surface area (Å²) in [6.45, 7) is 1.98. The summed E-state index contributed by atoms with van der Waals surface area (Å²) < 4.78 is 6.44. The normalized spacial score (nSPS) is 10.7. The van der Waals surface area contributed by atoms with E-state index in [1.807, 2.05) is 85.8 Å². The number of benzene rings is 3. The van der Waals surface area contributed by atoms with Gasteiger partial charge in [0.05, 0.1) is 12.6 Å². The average molecular weight is 384 g/mol. The summed E-state index contributed by atoms with van der Waals surface area (Å²) in [5.41, 5.74) is 4.09. The summed E-state index contributed by atoms with van der Waals surface area (Å²) in [5.74, 6) is -0.570. The van der Waals surface area contributed by atoms with E-state index in [0.29, 0.717) is 16.8 Å². The fraction of sp³-hybridized carbons (Fsp3) is 0.0833. The second-order valence-corrected chi connectivity index (χ2v) is 6.73. The maximum absolute atomic E-state index is 13.2. The number of esters is 1. The third kappa shape index (κ3) is 3.38. The zero-order chi connectivity index (χ0) is 20.4. The first-order chi connectivity index (χ1) is 14.1. The molecule has 29 heavy (non-hydrogen) atoms. The standard InChI is InChI=1S/C24H20N2O3/c1-16-12-14-18(15-13-16)25-24(28)26-20-11-7-6-10-19(20)21(22(26)23(27)29-2)17-8-4-3-5-9-17/h3-15H,1-2H3,(H,25,28).